The van der Waals surface area contributed by atoms with Gasteiger partial charge >= 0.3 is 47.8 Å². The Hall–Kier alpha value is -4.24. The van der Waals surface area contributed by atoms with Crippen molar-refractivity contribution in [1.82, 2.24) is 0 Å². The quantitative estimate of drug-likeness (QED) is 0.0387. The van der Waals surface area contributed by atoms with Crippen molar-refractivity contribution in [2.24, 2.45) is 45.3 Å². The Morgan fingerprint density at radius 3 is 0.920 bits per heavy atom. The molecule has 16 nitrogen and oxygen atoms in total. The van der Waals surface area contributed by atoms with Crippen molar-refractivity contribution in [3.8, 4) is 0 Å². The second-order valence-corrected chi connectivity index (χ2v) is 29.4. The third kappa shape index (κ3) is 28.1. The molecule has 0 aromatic carbocycles. The van der Waals surface area contributed by atoms with Gasteiger partial charge in [0.25, 0.3) is 0 Å². The van der Waals surface area contributed by atoms with E-state index in [-0.39, 0.29) is 56.3 Å². The number of carbonyl (C=O) groups excluding carboxylic acids is 8. The Balaban J connectivity index is 0.000000587. The fraction of sp³-hybridized carbons (Fsp3) is 0.889. The minimum Gasteiger partial charge on any atom is -0.465 e. The van der Waals surface area contributed by atoms with Crippen LogP contribution in [0.4, 0.5) is 0 Å². The Bertz CT molecular complexity index is 2110. The molecule has 4 rings (SSSR count). The molecule has 1 unspecified atom stereocenters. The average molecular weight is 1250 g/mol. The van der Waals surface area contributed by atoms with Gasteiger partial charge < -0.3 is 37.9 Å². The topological polar surface area (TPSA) is 210 Å². The maximum atomic E-state index is 12.2. The third-order valence-electron chi connectivity index (χ3n) is 20.5. The molecule has 4 saturated carbocycles. The molecule has 4 aliphatic rings. The lowest BCUT2D eigenvalue weighted by Crippen LogP contribution is -2.43. The largest absolute Gasteiger partial charge is 0.465 e. The van der Waals surface area contributed by atoms with Crippen LogP contribution in [0, 0.1) is 45.3 Å². The second-order valence-electron chi connectivity index (χ2n) is 29.4. The van der Waals surface area contributed by atoms with Crippen LogP contribution in [-0.2, 0) is 76.3 Å². The Kier molecular flexibility index (Phi) is 35.8. The Morgan fingerprint density at radius 2 is 0.591 bits per heavy atom. The van der Waals surface area contributed by atoms with E-state index in [2.05, 4.69) is 13.8 Å². The number of hydrogen-bond donors (Lipinski definition) is 0. The first-order valence-corrected chi connectivity index (χ1v) is 34.5. The summed E-state index contributed by atoms with van der Waals surface area (Å²) in [5, 5.41) is 0. The van der Waals surface area contributed by atoms with Gasteiger partial charge in [-0.2, -0.15) is 0 Å². The van der Waals surface area contributed by atoms with E-state index in [1.165, 1.54) is 70.6 Å². The smallest absolute Gasteiger partial charge is 0.344 e. The normalized spacial score (nSPS) is 17.5. The molecule has 4 fully saturated rings. The van der Waals surface area contributed by atoms with Crippen molar-refractivity contribution < 1.29 is 76.3 Å². The first-order valence-electron chi connectivity index (χ1n) is 34.5. The average Bonchev–Trinajstić information content (AvgIpc) is 3.72. The number of ether oxygens (including phenoxy) is 8. The molecular formula is C72H128O16. The summed E-state index contributed by atoms with van der Waals surface area (Å²) >= 11 is 0. The van der Waals surface area contributed by atoms with Gasteiger partial charge in [-0.05, 0) is 216 Å². The third-order valence-corrected chi connectivity index (χ3v) is 20.5. The fourth-order valence-corrected chi connectivity index (χ4v) is 11.8. The van der Waals surface area contributed by atoms with Gasteiger partial charge in [0.15, 0.2) is 19.8 Å². The zero-order valence-electron chi connectivity index (χ0n) is 59.5. The molecule has 0 aliphatic heterocycles. The van der Waals surface area contributed by atoms with Crippen LogP contribution in [0.1, 0.15) is 318 Å². The molecule has 88 heavy (non-hydrogen) atoms. The van der Waals surface area contributed by atoms with E-state index in [9.17, 15) is 38.4 Å². The van der Waals surface area contributed by atoms with E-state index in [0.717, 1.165) is 77.0 Å². The summed E-state index contributed by atoms with van der Waals surface area (Å²) in [6.45, 7) is 38.0. The van der Waals surface area contributed by atoms with Crippen LogP contribution in [-0.4, -0.2) is 96.6 Å². The maximum absolute atomic E-state index is 12.2. The van der Waals surface area contributed by atoms with Crippen LogP contribution in [0.2, 0.25) is 0 Å². The highest BCUT2D eigenvalue weighted by Gasteiger charge is 2.42. The van der Waals surface area contributed by atoms with Gasteiger partial charge in [0, 0.05) is 6.42 Å². The minimum absolute atomic E-state index is 0.189. The molecule has 1 atom stereocenters. The van der Waals surface area contributed by atoms with Gasteiger partial charge in [-0.15, -0.1) is 0 Å². The van der Waals surface area contributed by atoms with Crippen molar-refractivity contribution in [2.45, 2.75) is 341 Å². The van der Waals surface area contributed by atoms with E-state index in [1.54, 1.807) is 0 Å². The molecule has 0 radical (unpaired) electrons. The summed E-state index contributed by atoms with van der Waals surface area (Å²) in [4.78, 5) is 95.7. The van der Waals surface area contributed by atoms with Crippen LogP contribution in [0.5, 0.6) is 0 Å². The lowest BCUT2D eigenvalue weighted by molar-refractivity contribution is -0.180. The number of hydrogen-bond acceptors (Lipinski definition) is 16. The molecule has 0 heterocycles. The van der Waals surface area contributed by atoms with E-state index in [0.29, 0.717) is 55.8 Å². The standard InChI is InChI=1S/2C19H34O4.C18H32O4.C16H28O4/c1-6-18(2,3)17(21)22-14-10-13-16(20)23-19(4,5)15-11-8-7-9-12-15;1-6-18(4,5)17(21)22-14-16(20)23-19(7-2,8-3)15-12-10-9-11-13-15;1-6-17(3,4)16(20)21-13-15(19)22-18(5,7-2)14-11-9-8-10-12-14;1-6-15(2,3)14(18)19-11-13(17)20-16(4,5)12-9-7-8-10-12/h2*15H,6-14H2,1-5H3;14H,6-13H2,1-5H3;12H,6-11H2,1-5H3. The summed E-state index contributed by atoms with van der Waals surface area (Å²) in [5.41, 5.74) is -3.83. The predicted molar refractivity (Wildman–Crippen MR) is 346 cm³/mol. The number of esters is 8. The first kappa shape index (κ1) is 81.8. The van der Waals surface area contributed by atoms with Gasteiger partial charge in [0.05, 0.1) is 28.3 Å². The first-order chi connectivity index (χ1) is 40.9. The Morgan fingerprint density at radius 1 is 0.307 bits per heavy atom. The molecule has 0 aromatic rings. The maximum Gasteiger partial charge on any atom is 0.344 e. The van der Waals surface area contributed by atoms with E-state index in [1.807, 2.05) is 125 Å². The van der Waals surface area contributed by atoms with Crippen molar-refractivity contribution in [1.29, 1.82) is 0 Å². The molecular weight excluding hydrogens is 1120 g/mol. The lowest BCUT2D eigenvalue weighted by Gasteiger charge is -2.41. The van der Waals surface area contributed by atoms with Gasteiger partial charge in [-0.1, -0.05) is 119 Å². The lowest BCUT2D eigenvalue weighted by atomic mass is 9.74. The van der Waals surface area contributed by atoms with Crippen LogP contribution in [0.3, 0.4) is 0 Å². The van der Waals surface area contributed by atoms with Crippen LogP contribution in [0.15, 0.2) is 0 Å². The highest BCUT2D eigenvalue weighted by Crippen LogP contribution is 2.41. The minimum atomic E-state index is -0.559. The molecule has 0 spiro atoms. The fourth-order valence-electron chi connectivity index (χ4n) is 11.8. The van der Waals surface area contributed by atoms with Gasteiger partial charge in [-0.25, -0.2) is 14.4 Å². The molecule has 0 N–H and O–H groups in total. The van der Waals surface area contributed by atoms with Crippen molar-refractivity contribution in [3.63, 3.8) is 0 Å². The van der Waals surface area contributed by atoms with Gasteiger partial charge in [0.2, 0.25) is 0 Å². The van der Waals surface area contributed by atoms with Crippen LogP contribution in [0.25, 0.3) is 0 Å². The summed E-state index contributed by atoms with van der Waals surface area (Å²) in [6.07, 6.45) is 28.5. The van der Waals surface area contributed by atoms with Crippen LogP contribution >= 0.6 is 0 Å². The van der Waals surface area contributed by atoms with Crippen molar-refractivity contribution in [3.05, 3.63) is 0 Å². The second kappa shape index (κ2) is 38.6. The van der Waals surface area contributed by atoms with Crippen LogP contribution < -0.4 is 0 Å². The summed E-state index contributed by atoms with van der Waals surface area (Å²) in [5.74, 6) is -1.01. The molecule has 512 valence electrons. The molecule has 16 heteroatoms. The monoisotopic (exact) mass is 1250 g/mol. The zero-order valence-corrected chi connectivity index (χ0v) is 59.5. The van der Waals surface area contributed by atoms with E-state index < -0.39 is 62.0 Å². The molecule has 0 amide bonds. The molecule has 4 aliphatic carbocycles. The number of rotatable bonds is 29. The van der Waals surface area contributed by atoms with Gasteiger partial charge in [0.1, 0.15) is 22.4 Å². The summed E-state index contributed by atoms with van der Waals surface area (Å²) in [7, 11) is 0. The molecule has 0 bridgehead atoms. The van der Waals surface area contributed by atoms with E-state index >= 15 is 0 Å². The highest BCUT2D eigenvalue weighted by atomic mass is 16.6. The predicted octanol–water partition coefficient (Wildman–Crippen LogP) is 17.0. The molecule has 0 saturated heterocycles. The van der Waals surface area contributed by atoms with E-state index in [4.69, 9.17) is 37.9 Å². The zero-order chi connectivity index (χ0) is 67.2. The summed E-state index contributed by atoms with van der Waals surface area (Å²) in [6, 6.07) is 0. The Labute approximate surface area is 534 Å². The van der Waals surface area contributed by atoms with Crippen molar-refractivity contribution >= 4 is 47.8 Å². The van der Waals surface area contributed by atoms with Gasteiger partial charge in [-0.3, -0.25) is 24.0 Å². The van der Waals surface area contributed by atoms with Crippen molar-refractivity contribution in [2.75, 3.05) is 26.4 Å². The SMILES string of the molecule is CCC(C)(C)C(=O)OCC(=O)OC(C)(C)C1CCCC1.CCC(C)(C)C(=O)OCC(=O)OC(C)(CC)C1CCCCC1.CCC(C)(C)C(=O)OCC(=O)OC(CC)(CC)C1CCCCC1.CCC(C)(C)C(=O)OCCCC(=O)OC(C)(C)C1CCCCC1. The molecule has 0 aromatic heterocycles. The highest BCUT2D eigenvalue weighted by molar-refractivity contribution is 5.81. The summed E-state index contributed by atoms with van der Waals surface area (Å²) < 4.78 is 43.4. The number of carbonyl (C=O) groups is 8.